The quantitative estimate of drug-likeness (QED) is 0.683. The van der Waals surface area contributed by atoms with Gasteiger partial charge in [0.2, 0.25) is 0 Å². The van der Waals surface area contributed by atoms with Gasteiger partial charge in [0.25, 0.3) is 5.91 Å². The van der Waals surface area contributed by atoms with Crippen molar-refractivity contribution in [2.75, 3.05) is 19.7 Å². The van der Waals surface area contributed by atoms with Crippen molar-refractivity contribution >= 4 is 22.8 Å². The Morgan fingerprint density at radius 3 is 2.75 bits per heavy atom. The van der Waals surface area contributed by atoms with Gasteiger partial charge in [0.15, 0.2) is 6.61 Å². The highest BCUT2D eigenvalue weighted by Crippen LogP contribution is 2.31. The molecule has 1 amide bonds. The number of amides is 1. The summed E-state index contributed by atoms with van der Waals surface area (Å²) in [6.45, 7) is 3.39. The minimum absolute atomic E-state index is 0.0886. The Labute approximate surface area is 166 Å². The Kier molecular flexibility index (Phi) is 5.60. The van der Waals surface area contributed by atoms with Crippen LogP contribution in [0.15, 0.2) is 24.3 Å². The van der Waals surface area contributed by atoms with Gasteiger partial charge >= 0.3 is 5.97 Å². The van der Waals surface area contributed by atoms with Crippen molar-refractivity contribution in [3.8, 4) is 0 Å². The fourth-order valence-electron chi connectivity index (χ4n) is 4.10. The first-order valence-electron chi connectivity index (χ1n) is 10.5. The number of ether oxygens (including phenoxy) is 1. The molecule has 5 nitrogen and oxygen atoms in total. The van der Waals surface area contributed by atoms with Gasteiger partial charge in [0, 0.05) is 24.2 Å². The highest BCUT2D eigenvalue weighted by atomic mass is 16.5. The molecule has 1 aromatic carbocycles. The largest absolute Gasteiger partial charge is 0.452 e. The van der Waals surface area contributed by atoms with Crippen LogP contribution in [-0.2, 0) is 22.4 Å². The molecule has 1 saturated carbocycles. The first kappa shape index (κ1) is 18.9. The standard InChI is InChI=1S/C23H28N2O3/c1-2-13-25(14-16-11-12-16)21(26)15-28-23(27)22-17-7-3-5-9-19(17)24-20-10-6-4-8-18(20)22/h3,5,7,9,16H,2,4,6,8,10-15H2,1H3. The molecule has 0 atom stereocenters. The summed E-state index contributed by atoms with van der Waals surface area (Å²) in [6, 6.07) is 7.71. The molecule has 0 spiro atoms. The van der Waals surface area contributed by atoms with E-state index in [0.717, 1.165) is 67.4 Å². The molecule has 4 rings (SSSR count). The van der Waals surface area contributed by atoms with Crippen LogP contribution < -0.4 is 0 Å². The van der Waals surface area contributed by atoms with Crippen LogP contribution in [0.5, 0.6) is 0 Å². The molecule has 5 heteroatoms. The Balaban J connectivity index is 1.54. The number of aromatic nitrogens is 1. The van der Waals surface area contributed by atoms with Crippen LogP contribution in [0.4, 0.5) is 0 Å². The minimum Gasteiger partial charge on any atom is -0.452 e. The smallest absolute Gasteiger partial charge is 0.339 e. The molecule has 1 heterocycles. The number of esters is 1. The lowest BCUT2D eigenvalue weighted by Gasteiger charge is -2.23. The van der Waals surface area contributed by atoms with Crippen LogP contribution in [0.3, 0.4) is 0 Å². The maximum atomic E-state index is 13.0. The van der Waals surface area contributed by atoms with E-state index in [-0.39, 0.29) is 12.5 Å². The van der Waals surface area contributed by atoms with E-state index in [1.54, 1.807) is 0 Å². The van der Waals surface area contributed by atoms with Crippen LogP contribution >= 0.6 is 0 Å². The number of rotatable bonds is 7. The summed E-state index contributed by atoms with van der Waals surface area (Å²) in [4.78, 5) is 32.3. The maximum Gasteiger partial charge on any atom is 0.339 e. The van der Waals surface area contributed by atoms with Gasteiger partial charge in [0.1, 0.15) is 0 Å². The summed E-state index contributed by atoms with van der Waals surface area (Å²) < 4.78 is 5.54. The average Bonchev–Trinajstić information content (AvgIpc) is 3.53. The first-order chi connectivity index (χ1) is 13.7. The number of fused-ring (bicyclic) bond motifs is 2. The highest BCUT2D eigenvalue weighted by Gasteiger charge is 2.28. The fraction of sp³-hybridized carbons (Fsp3) is 0.522. The van der Waals surface area contributed by atoms with E-state index in [1.165, 1.54) is 12.8 Å². The Morgan fingerprint density at radius 2 is 1.96 bits per heavy atom. The van der Waals surface area contributed by atoms with Gasteiger partial charge in [-0.15, -0.1) is 0 Å². The third kappa shape index (κ3) is 4.03. The number of para-hydroxylation sites is 1. The van der Waals surface area contributed by atoms with Crippen LogP contribution in [-0.4, -0.2) is 41.5 Å². The van der Waals surface area contributed by atoms with Crippen LogP contribution in [0.2, 0.25) is 0 Å². The molecule has 0 unspecified atom stereocenters. The second-order valence-corrected chi connectivity index (χ2v) is 8.00. The van der Waals surface area contributed by atoms with Gasteiger partial charge in [-0.05, 0) is 62.5 Å². The van der Waals surface area contributed by atoms with Gasteiger partial charge in [-0.25, -0.2) is 4.79 Å². The predicted molar refractivity (Wildman–Crippen MR) is 108 cm³/mol. The SMILES string of the molecule is CCCN(CC1CC1)C(=O)COC(=O)c1c2c(nc3ccccc13)CCCC2. The molecule has 0 N–H and O–H groups in total. The zero-order valence-electron chi connectivity index (χ0n) is 16.6. The van der Waals surface area contributed by atoms with Crippen molar-refractivity contribution in [1.29, 1.82) is 0 Å². The summed E-state index contributed by atoms with van der Waals surface area (Å²) in [5, 5.41) is 0.823. The number of carbonyl (C=O) groups is 2. The number of nitrogens with zero attached hydrogens (tertiary/aromatic N) is 2. The lowest BCUT2D eigenvalue weighted by Crippen LogP contribution is -2.37. The zero-order valence-corrected chi connectivity index (χ0v) is 16.6. The molecule has 28 heavy (non-hydrogen) atoms. The van der Waals surface area contributed by atoms with E-state index in [2.05, 4.69) is 6.92 Å². The molecular weight excluding hydrogens is 352 g/mol. The van der Waals surface area contributed by atoms with Crippen molar-refractivity contribution in [3.05, 3.63) is 41.1 Å². The van der Waals surface area contributed by atoms with Gasteiger partial charge in [0.05, 0.1) is 11.1 Å². The van der Waals surface area contributed by atoms with Gasteiger partial charge in [-0.3, -0.25) is 9.78 Å². The zero-order chi connectivity index (χ0) is 19.5. The summed E-state index contributed by atoms with van der Waals surface area (Å²) in [5.74, 6) is 0.143. The van der Waals surface area contributed by atoms with Crippen molar-refractivity contribution in [3.63, 3.8) is 0 Å². The molecule has 1 aromatic heterocycles. The molecular formula is C23H28N2O3. The summed E-state index contributed by atoms with van der Waals surface area (Å²) in [7, 11) is 0. The van der Waals surface area contributed by atoms with Crippen molar-refractivity contribution in [2.45, 2.75) is 51.9 Å². The van der Waals surface area contributed by atoms with Gasteiger partial charge in [-0.1, -0.05) is 25.1 Å². The number of hydrogen-bond donors (Lipinski definition) is 0. The van der Waals surface area contributed by atoms with Crippen molar-refractivity contribution in [2.24, 2.45) is 5.92 Å². The van der Waals surface area contributed by atoms with Crippen LogP contribution in [0, 0.1) is 5.92 Å². The normalized spacial score (nSPS) is 15.9. The number of aryl methyl sites for hydroxylation is 1. The molecule has 0 saturated heterocycles. The monoisotopic (exact) mass is 380 g/mol. The van der Waals surface area contributed by atoms with Gasteiger partial charge in [-0.2, -0.15) is 0 Å². The molecule has 0 radical (unpaired) electrons. The average molecular weight is 380 g/mol. The van der Waals surface area contributed by atoms with E-state index < -0.39 is 5.97 Å². The predicted octanol–water partition coefficient (Wildman–Crippen LogP) is 3.92. The molecule has 1 fully saturated rings. The van der Waals surface area contributed by atoms with E-state index >= 15 is 0 Å². The Morgan fingerprint density at radius 1 is 1.18 bits per heavy atom. The lowest BCUT2D eigenvalue weighted by molar-refractivity contribution is -0.134. The molecule has 2 aromatic rings. The summed E-state index contributed by atoms with van der Waals surface area (Å²) >= 11 is 0. The van der Waals surface area contributed by atoms with E-state index in [9.17, 15) is 9.59 Å². The first-order valence-corrected chi connectivity index (χ1v) is 10.5. The summed E-state index contributed by atoms with van der Waals surface area (Å²) in [6.07, 6.45) is 7.19. The van der Waals surface area contributed by atoms with Crippen LogP contribution in [0.1, 0.15) is 60.6 Å². The molecule has 2 aliphatic rings. The van der Waals surface area contributed by atoms with E-state index in [1.807, 2.05) is 29.2 Å². The third-order valence-electron chi connectivity index (χ3n) is 5.72. The number of pyridine rings is 1. The second-order valence-electron chi connectivity index (χ2n) is 8.00. The number of hydrogen-bond acceptors (Lipinski definition) is 4. The molecule has 0 aliphatic heterocycles. The third-order valence-corrected chi connectivity index (χ3v) is 5.72. The van der Waals surface area contributed by atoms with Crippen molar-refractivity contribution in [1.82, 2.24) is 9.88 Å². The Bertz CT molecular complexity index is 889. The van der Waals surface area contributed by atoms with Crippen molar-refractivity contribution < 1.29 is 14.3 Å². The Hall–Kier alpha value is -2.43. The maximum absolute atomic E-state index is 13.0. The van der Waals surface area contributed by atoms with E-state index in [4.69, 9.17) is 9.72 Å². The molecule has 2 aliphatic carbocycles. The topological polar surface area (TPSA) is 59.5 Å². The molecule has 148 valence electrons. The lowest BCUT2D eigenvalue weighted by atomic mass is 9.90. The van der Waals surface area contributed by atoms with Crippen LogP contribution in [0.25, 0.3) is 10.9 Å². The summed E-state index contributed by atoms with van der Waals surface area (Å²) in [5.41, 5.74) is 3.44. The minimum atomic E-state index is -0.395. The van der Waals surface area contributed by atoms with Gasteiger partial charge < -0.3 is 9.64 Å². The highest BCUT2D eigenvalue weighted by molar-refractivity contribution is 6.05. The second kappa shape index (κ2) is 8.29. The fourth-order valence-corrected chi connectivity index (χ4v) is 4.10. The number of benzene rings is 1. The van der Waals surface area contributed by atoms with E-state index in [0.29, 0.717) is 11.5 Å². The molecule has 0 bridgehead atoms. The number of carbonyl (C=O) groups excluding carboxylic acids is 2.